The summed E-state index contributed by atoms with van der Waals surface area (Å²) in [7, 11) is -8.81. The van der Waals surface area contributed by atoms with E-state index in [1.165, 1.54) is 54.7 Å². The van der Waals surface area contributed by atoms with E-state index in [2.05, 4.69) is 4.98 Å². The third-order valence-electron chi connectivity index (χ3n) is 4.48. The zero-order valence-electron chi connectivity index (χ0n) is 16.2. The number of rotatable bonds is 7. The van der Waals surface area contributed by atoms with Gasteiger partial charge in [-0.3, -0.25) is 0 Å². The van der Waals surface area contributed by atoms with Crippen LogP contribution in [0.1, 0.15) is 5.76 Å². The number of sulfonamides is 2. The van der Waals surface area contributed by atoms with Crippen LogP contribution in [0.15, 0.2) is 111 Å². The molecule has 9 heteroatoms. The van der Waals surface area contributed by atoms with E-state index < -0.39 is 26.6 Å². The fourth-order valence-corrected chi connectivity index (χ4v) is 6.56. The Kier molecular flexibility index (Phi) is 5.73. The minimum absolute atomic E-state index is 0.0952. The highest BCUT2D eigenvalue weighted by Crippen LogP contribution is 2.28. The molecule has 0 atom stereocenters. The average molecular weight is 455 g/mol. The minimum atomic E-state index is -4.40. The predicted molar refractivity (Wildman–Crippen MR) is 115 cm³/mol. The summed E-state index contributed by atoms with van der Waals surface area (Å²) in [5.41, 5.74) is 0.692. The van der Waals surface area contributed by atoms with Crippen molar-refractivity contribution in [2.24, 2.45) is 0 Å². The van der Waals surface area contributed by atoms with E-state index >= 15 is 0 Å². The summed E-state index contributed by atoms with van der Waals surface area (Å²) in [5.74, 6) is 0.364. The molecule has 0 saturated carbocycles. The Balaban J connectivity index is 1.78. The van der Waals surface area contributed by atoms with Crippen LogP contribution in [-0.2, 0) is 26.6 Å². The summed E-state index contributed by atoms with van der Waals surface area (Å²) in [4.78, 5) is 3.88. The number of aromatic nitrogens is 1. The molecule has 7 nitrogen and oxygen atoms in total. The van der Waals surface area contributed by atoms with Gasteiger partial charge in [0, 0.05) is 5.56 Å². The Bertz CT molecular complexity index is 1300. The van der Waals surface area contributed by atoms with E-state index in [9.17, 15) is 16.8 Å². The van der Waals surface area contributed by atoms with Crippen LogP contribution in [-0.4, -0.2) is 25.5 Å². The lowest BCUT2D eigenvalue weighted by Gasteiger charge is -2.21. The zero-order chi connectivity index (χ0) is 21.9. The van der Waals surface area contributed by atoms with Gasteiger partial charge >= 0.3 is 0 Å². The van der Waals surface area contributed by atoms with Crippen molar-refractivity contribution >= 4 is 20.0 Å². The smallest absolute Gasteiger partial charge is 0.256 e. The monoisotopic (exact) mass is 454 g/mol. The molecule has 0 aliphatic rings. The molecule has 0 saturated heterocycles. The summed E-state index contributed by atoms with van der Waals surface area (Å²) in [6.07, 6.45) is 1.33. The number of benzene rings is 3. The first-order valence-corrected chi connectivity index (χ1v) is 12.2. The standard InChI is InChI=1S/C22H18N2O5S2/c25-30(26,20-12-6-2-7-13-20)24(31(27,28)21-14-8-3-9-15-21)17-19-16-23-22(29-19)18-10-4-1-5-11-18/h1-16H,17H2. The first-order chi connectivity index (χ1) is 14.9. The summed E-state index contributed by atoms with van der Waals surface area (Å²) in [5, 5.41) is 0. The van der Waals surface area contributed by atoms with Gasteiger partial charge in [0.25, 0.3) is 20.0 Å². The van der Waals surface area contributed by atoms with E-state index in [-0.39, 0.29) is 21.4 Å². The van der Waals surface area contributed by atoms with Crippen molar-refractivity contribution in [3.8, 4) is 11.5 Å². The van der Waals surface area contributed by atoms with Crippen molar-refractivity contribution in [2.75, 3.05) is 0 Å². The minimum Gasteiger partial charge on any atom is -0.440 e. The molecule has 3 aromatic carbocycles. The van der Waals surface area contributed by atoms with E-state index in [1.54, 1.807) is 24.3 Å². The van der Waals surface area contributed by atoms with Gasteiger partial charge in [-0.25, -0.2) is 21.8 Å². The van der Waals surface area contributed by atoms with Crippen molar-refractivity contribution in [1.29, 1.82) is 0 Å². The third kappa shape index (κ3) is 4.29. The third-order valence-corrected chi connectivity index (χ3v) is 8.72. The van der Waals surface area contributed by atoms with Gasteiger partial charge in [-0.2, -0.15) is 0 Å². The number of hydrogen-bond acceptors (Lipinski definition) is 6. The highest BCUT2D eigenvalue weighted by Gasteiger charge is 2.37. The molecule has 0 aliphatic heterocycles. The Hall–Kier alpha value is -3.27. The molecule has 1 heterocycles. The molecule has 4 rings (SSSR count). The van der Waals surface area contributed by atoms with Crippen LogP contribution in [0.2, 0.25) is 0 Å². The SMILES string of the molecule is O=S(=O)(c1ccccc1)N(Cc1cnc(-c2ccccc2)o1)S(=O)(=O)c1ccccc1. The average Bonchev–Trinajstić information content (AvgIpc) is 3.28. The largest absolute Gasteiger partial charge is 0.440 e. The molecule has 0 aliphatic carbocycles. The lowest BCUT2D eigenvalue weighted by Crippen LogP contribution is -2.36. The van der Waals surface area contributed by atoms with Gasteiger partial charge in [-0.1, -0.05) is 58.3 Å². The van der Waals surface area contributed by atoms with Gasteiger partial charge in [0.05, 0.1) is 22.5 Å². The van der Waals surface area contributed by atoms with E-state index in [0.29, 0.717) is 9.27 Å². The maximum absolute atomic E-state index is 13.3. The first kappa shape index (κ1) is 21.0. The van der Waals surface area contributed by atoms with Gasteiger partial charge in [0.15, 0.2) is 0 Å². The highest BCUT2D eigenvalue weighted by atomic mass is 32.3. The fraction of sp³-hybridized carbons (Fsp3) is 0.0455. The molecule has 0 amide bonds. The van der Waals surface area contributed by atoms with Crippen molar-refractivity contribution in [3.63, 3.8) is 0 Å². The molecular formula is C22H18N2O5S2. The molecule has 0 fully saturated rings. The van der Waals surface area contributed by atoms with Crippen LogP contribution in [0.3, 0.4) is 0 Å². The van der Waals surface area contributed by atoms with Crippen molar-refractivity contribution in [1.82, 2.24) is 8.69 Å². The van der Waals surface area contributed by atoms with Gasteiger partial charge in [0.2, 0.25) is 5.89 Å². The Morgan fingerprint density at radius 3 is 1.61 bits per heavy atom. The van der Waals surface area contributed by atoms with E-state index in [1.807, 2.05) is 18.2 Å². The fourth-order valence-electron chi connectivity index (χ4n) is 2.94. The number of nitrogens with zero attached hydrogens (tertiary/aromatic N) is 2. The lowest BCUT2D eigenvalue weighted by molar-refractivity contribution is 0.442. The molecule has 1 aromatic heterocycles. The van der Waals surface area contributed by atoms with Crippen LogP contribution in [0.5, 0.6) is 0 Å². The maximum Gasteiger partial charge on any atom is 0.256 e. The van der Waals surface area contributed by atoms with Crippen LogP contribution in [0.25, 0.3) is 11.5 Å². The lowest BCUT2D eigenvalue weighted by atomic mass is 10.2. The Morgan fingerprint density at radius 2 is 1.13 bits per heavy atom. The molecule has 0 spiro atoms. The van der Waals surface area contributed by atoms with Crippen LogP contribution in [0, 0.1) is 0 Å². The topological polar surface area (TPSA) is 97.6 Å². The van der Waals surface area contributed by atoms with E-state index in [4.69, 9.17) is 4.42 Å². The zero-order valence-corrected chi connectivity index (χ0v) is 17.8. The number of oxazole rings is 1. The van der Waals surface area contributed by atoms with E-state index in [0.717, 1.165) is 0 Å². The van der Waals surface area contributed by atoms with Crippen LogP contribution in [0.4, 0.5) is 0 Å². The molecule has 31 heavy (non-hydrogen) atoms. The number of hydrogen-bond donors (Lipinski definition) is 0. The molecule has 0 bridgehead atoms. The van der Waals surface area contributed by atoms with Crippen LogP contribution >= 0.6 is 0 Å². The second-order valence-corrected chi connectivity index (χ2v) is 10.5. The molecule has 0 radical (unpaired) electrons. The summed E-state index contributed by atoms with van der Waals surface area (Å²) in [6.45, 7) is -0.533. The summed E-state index contributed by atoms with van der Waals surface area (Å²) < 4.78 is 59.4. The first-order valence-electron chi connectivity index (χ1n) is 9.27. The Morgan fingerprint density at radius 1 is 0.677 bits per heavy atom. The maximum atomic E-state index is 13.3. The molecule has 158 valence electrons. The summed E-state index contributed by atoms with van der Waals surface area (Å²) >= 11 is 0. The second kappa shape index (κ2) is 8.46. The molecule has 4 aromatic rings. The van der Waals surface area contributed by atoms with Crippen LogP contribution < -0.4 is 0 Å². The van der Waals surface area contributed by atoms with Crippen molar-refractivity contribution in [3.05, 3.63) is 103 Å². The summed E-state index contributed by atoms with van der Waals surface area (Å²) in [6, 6.07) is 23.8. The Labute approximate surface area is 180 Å². The molecule has 0 N–H and O–H groups in total. The predicted octanol–water partition coefficient (Wildman–Crippen LogP) is 3.92. The van der Waals surface area contributed by atoms with Gasteiger partial charge in [0.1, 0.15) is 5.76 Å². The quantitative estimate of drug-likeness (QED) is 0.420. The van der Waals surface area contributed by atoms with Crippen molar-refractivity contribution < 1.29 is 21.3 Å². The van der Waals surface area contributed by atoms with Gasteiger partial charge in [-0.15, -0.1) is 0 Å². The highest BCUT2D eigenvalue weighted by molar-refractivity contribution is 8.04. The van der Waals surface area contributed by atoms with Crippen molar-refractivity contribution in [2.45, 2.75) is 16.3 Å². The second-order valence-electron chi connectivity index (χ2n) is 6.56. The van der Waals surface area contributed by atoms with Gasteiger partial charge < -0.3 is 4.42 Å². The normalized spacial score (nSPS) is 12.2. The molecule has 0 unspecified atom stereocenters. The molecular weight excluding hydrogens is 436 g/mol. The van der Waals surface area contributed by atoms with Gasteiger partial charge in [-0.05, 0) is 36.4 Å².